The van der Waals surface area contributed by atoms with E-state index >= 15 is 0 Å². The van der Waals surface area contributed by atoms with Crippen molar-refractivity contribution in [2.75, 3.05) is 0 Å². The van der Waals surface area contributed by atoms with Gasteiger partial charge in [-0.05, 0) is 24.8 Å². The Morgan fingerprint density at radius 3 is 2.75 bits per heavy atom. The van der Waals surface area contributed by atoms with Gasteiger partial charge in [-0.25, -0.2) is 0 Å². The Bertz CT molecular complexity index is 312. The molecule has 2 unspecified atom stereocenters. The summed E-state index contributed by atoms with van der Waals surface area (Å²) in [6, 6.07) is 10.8. The van der Waals surface area contributed by atoms with Crippen molar-refractivity contribution < 1.29 is 5.11 Å². The number of benzene rings is 1. The van der Waals surface area contributed by atoms with Gasteiger partial charge < -0.3 is 10.4 Å². The van der Waals surface area contributed by atoms with Crippen LogP contribution in [-0.2, 0) is 0 Å². The number of nitrogens with one attached hydrogen (secondary N) is 1. The van der Waals surface area contributed by atoms with Crippen LogP contribution in [0.1, 0.15) is 44.3 Å². The van der Waals surface area contributed by atoms with Gasteiger partial charge in [0.15, 0.2) is 0 Å². The molecule has 1 aliphatic rings. The maximum Gasteiger partial charge on any atom is 0.0943 e. The normalized spacial score (nSPS) is 27.6. The van der Waals surface area contributed by atoms with Crippen molar-refractivity contribution in [3.8, 4) is 0 Å². The van der Waals surface area contributed by atoms with Crippen molar-refractivity contribution in [3.05, 3.63) is 35.9 Å². The summed E-state index contributed by atoms with van der Waals surface area (Å²) in [4.78, 5) is 0. The molecular weight excluding hydrogens is 198 g/mol. The molecule has 16 heavy (non-hydrogen) atoms. The van der Waals surface area contributed by atoms with E-state index in [-0.39, 0.29) is 12.1 Å². The van der Waals surface area contributed by atoms with Gasteiger partial charge in [0.1, 0.15) is 0 Å². The Labute approximate surface area is 97.7 Å². The molecule has 3 atom stereocenters. The lowest BCUT2D eigenvalue weighted by atomic mass is 9.91. The molecule has 88 valence electrons. The average molecular weight is 219 g/mol. The minimum Gasteiger partial charge on any atom is -0.387 e. The van der Waals surface area contributed by atoms with Gasteiger partial charge in [-0.1, -0.05) is 43.7 Å². The number of piperidine rings is 1. The van der Waals surface area contributed by atoms with E-state index in [9.17, 15) is 5.11 Å². The van der Waals surface area contributed by atoms with Crippen LogP contribution in [0.25, 0.3) is 0 Å². The zero-order valence-corrected chi connectivity index (χ0v) is 9.89. The highest BCUT2D eigenvalue weighted by Gasteiger charge is 2.26. The Morgan fingerprint density at radius 2 is 2.06 bits per heavy atom. The first-order chi connectivity index (χ1) is 7.81. The molecule has 2 N–H and O–H groups in total. The van der Waals surface area contributed by atoms with E-state index in [0.29, 0.717) is 6.04 Å². The highest BCUT2D eigenvalue weighted by molar-refractivity contribution is 5.19. The molecule has 0 saturated carbocycles. The van der Waals surface area contributed by atoms with Crippen LogP contribution in [0.15, 0.2) is 30.3 Å². The molecule has 1 aliphatic heterocycles. The first-order valence-corrected chi connectivity index (χ1v) is 6.30. The zero-order chi connectivity index (χ0) is 11.4. The summed E-state index contributed by atoms with van der Waals surface area (Å²) in [6.07, 6.45) is 4.33. The van der Waals surface area contributed by atoms with Crippen LogP contribution in [0.5, 0.6) is 0 Å². The fraction of sp³-hybridized carbons (Fsp3) is 0.571. The standard InChI is InChI=1S/C14H21NO/c1-2-12-9-6-10-13(15-12)14(16)11-7-4-3-5-8-11/h3-5,7-8,12-16H,2,6,9-10H2,1H3/t12?,13?,14-/m1/s1. The number of hydrogen-bond donors (Lipinski definition) is 2. The van der Waals surface area contributed by atoms with Gasteiger partial charge in [0.2, 0.25) is 0 Å². The van der Waals surface area contributed by atoms with Gasteiger partial charge in [0, 0.05) is 12.1 Å². The molecule has 0 aliphatic carbocycles. The van der Waals surface area contributed by atoms with Crippen molar-refractivity contribution in [2.24, 2.45) is 0 Å². The van der Waals surface area contributed by atoms with Gasteiger partial charge >= 0.3 is 0 Å². The maximum absolute atomic E-state index is 10.3. The molecule has 1 aromatic carbocycles. The van der Waals surface area contributed by atoms with E-state index < -0.39 is 0 Å². The molecule has 1 saturated heterocycles. The van der Waals surface area contributed by atoms with Crippen LogP contribution in [0, 0.1) is 0 Å². The first kappa shape index (κ1) is 11.6. The fourth-order valence-corrected chi connectivity index (χ4v) is 2.51. The Hall–Kier alpha value is -0.860. The van der Waals surface area contributed by atoms with Crippen LogP contribution in [0.2, 0.25) is 0 Å². The van der Waals surface area contributed by atoms with Gasteiger partial charge in [0.25, 0.3) is 0 Å². The van der Waals surface area contributed by atoms with Gasteiger partial charge in [0.05, 0.1) is 6.10 Å². The van der Waals surface area contributed by atoms with E-state index in [1.54, 1.807) is 0 Å². The summed E-state index contributed by atoms with van der Waals surface area (Å²) >= 11 is 0. The van der Waals surface area contributed by atoms with Crippen LogP contribution in [-0.4, -0.2) is 17.2 Å². The third-order valence-electron chi connectivity index (χ3n) is 3.53. The van der Waals surface area contributed by atoms with Crippen molar-refractivity contribution in [2.45, 2.75) is 50.8 Å². The molecule has 0 spiro atoms. The van der Waals surface area contributed by atoms with Crippen LogP contribution in [0.4, 0.5) is 0 Å². The smallest absolute Gasteiger partial charge is 0.0943 e. The van der Waals surface area contributed by atoms with Crippen LogP contribution < -0.4 is 5.32 Å². The number of hydrogen-bond acceptors (Lipinski definition) is 2. The monoisotopic (exact) mass is 219 g/mol. The van der Waals surface area contributed by atoms with E-state index in [4.69, 9.17) is 0 Å². The highest BCUT2D eigenvalue weighted by Crippen LogP contribution is 2.25. The molecular formula is C14H21NO. The summed E-state index contributed by atoms with van der Waals surface area (Å²) in [5.74, 6) is 0. The molecule has 2 nitrogen and oxygen atoms in total. The Kier molecular flexibility index (Phi) is 3.97. The number of rotatable bonds is 3. The summed E-state index contributed by atoms with van der Waals surface area (Å²) in [5, 5.41) is 13.8. The third-order valence-corrected chi connectivity index (χ3v) is 3.53. The summed E-state index contributed by atoms with van der Waals surface area (Å²) in [6.45, 7) is 2.20. The van der Waals surface area contributed by atoms with Crippen molar-refractivity contribution in [1.29, 1.82) is 0 Å². The van der Waals surface area contributed by atoms with E-state index in [0.717, 1.165) is 18.4 Å². The summed E-state index contributed by atoms with van der Waals surface area (Å²) < 4.78 is 0. The lowest BCUT2D eigenvalue weighted by Gasteiger charge is -2.33. The van der Waals surface area contributed by atoms with E-state index in [2.05, 4.69) is 12.2 Å². The molecule has 1 heterocycles. The van der Waals surface area contributed by atoms with Crippen LogP contribution >= 0.6 is 0 Å². The molecule has 0 radical (unpaired) electrons. The molecule has 0 bridgehead atoms. The second-order valence-corrected chi connectivity index (χ2v) is 4.66. The van der Waals surface area contributed by atoms with Crippen molar-refractivity contribution >= 4 is 0 Å². The van der Waals surface area contributed by atoms with Gasteiger partial charge in [-0.3, -0.25) is 0 Å². The zero-order valence-electron chi connectivity index (χ0n) is 9.89. The lowest BCUT2D eigenvalue weighted by Crippen LogP contribution is -2.45. The number of aliphatic hydroxyl groups is 1. The second-order valence-electron chi connectivity index (χ2n) is 4.66. The molecule has 0 aromatic heterocycles. The van der Waals surface area contributed by atoms with Gasteiger partial charge in [-0.15, -0.1) is 0 Å². The number of aliphatic hydroxyl groups excluding tert-OH is 1. The first-order valence-electron chi connectivity index (χ1n) is 6.30. The largest absolute Gasteiger partial charge is 0.387 e. The minimum absolute atomic E-state index is 0.223. The average Bonchev–Trinajstić information content (AvgIpc) is 2.39. The topological polar surface area (TPSA) is 32.3 Å². The predicted octanol–water partition coefficient (Wildman–Crippen LogP) is 2.64. The maximum atomic E-state index is 10.3. The minimum atomic E-state index is -0.365. The molecule has 2 rings (SSSR count). The molecule has 1 aromatic rings. The molecule has 0 amide bonds. The lowest BCUT2D eigenvalue weighted by molar-refractivity contribution is 0.101. The quantitative estimate of drug-likeness (QED) is 0.819. The molecule has 1 fully saturated rings. The third kappa shape index (κ3) is 2.63. The predicted molar refractivity (Wildman–Crippen MR) is 66.3 cm³/mol. The second kappa shape index (κ2) is 5.46. The highest BCUT2D eigenvalue weighted by atomic mass is 16.3. The van der Waals surface area contributed by atoms with E-state index in [1.807, 2.05) is 30.3 Å². The SMILES string of the molecule is CCC1CCCC([C@H](O)c2ccccc2)N1. The summed E-state index contributed by atoms with van der Waals surface area (Å²) in [7, 11) is 0. The summed E-state index contributed by atoms with van der Waals surface area (Å²) in [5.41, 5.74) is 1.02. The van der Waals surface area contributed by atoms with E-state index in [1.165, 1.54) is 12.8 Å². The Morgan fingerprint density at radius 1 is 1.31 bits per heavy atom. The molecule has 2 heteroatoms. The van der Waals surface area contributed by atoms with Gasteiger partial charge in [-0.2, -0.15) is 0 Å². The van der Waals surface area contributed by atoms with Crippen molar-refractivity contribution in [3.63, 3.8) is 0 Å². The van der Waals surface area contributed by atoms with Crippen molar-refractivity contribution in [1.82, 2.24) is 5.32 Å². The Balaban J connectivity index is 2.01. The fourth-order valence-electron chi connectivity index (χ4n) is 2.51. The van der Waals surface area contributed by atoms with Crippen LogP contribution in [0.3, 0.4) is 0 Å².